The number of carbonyl (C=O) groups is 2. The van der Waals surface area contributed by atoms with Crippen molar-refractivity contribution in [2.45, 2.75) is 63.1 Å². The first-order valence-electron chi connectivity index (χ1n) is 9.52. The summed E-state index contributed by atoms with van der Waals surface area (Å²) in [6.45, 7) is 0.518. The lowest BCUT2D eigenvalue weighted by atomic mass is 9.76. The SMILES string of the molecule is O=C(C[C@H]1CCC[C@@]23CCC[C@@H]2C(C(=O)O)=NN13)NCc1ccccc1. The van der Waals surface area contributed by atoms with Crippen molar-refractivity contribution in [3.8, 4) is 0 Å². The van der Waals surface area contributed by atoms with Crippen molar-refractivity contribution in [1.82, 2.24) is 10.3 Å². The normalized spacial score (nSPS) is 29.7. The second-order valence-electron chi connectivity index (χ2n) is 7.70. The maximum Gasteiger partial charge on any atom is 0.352 e. The van der Waals surface area contributed by atoms with Crippen molar-refractivity contribution in [3.63, 3.8) is 0 Å². The molecule has 6 nitrogen and oxygen atoms in total. The average Bonchev–Trinajstić information content (AvgIpc) is 3.17. The molecule has 26 heavy (non-hydrogen) atoms. The van der Waals surface area contributed by atoms with E-state index in [2.05, 4.69) is 10.4 Å². The summed E-state index contributed by atoms with van der Waals surface area (Å²) in [6.07, 6.45) is 6.21. The molecule has 0 unspecified atom stereocenters. The lowest BCUT2D eigenvalue weighted by Crippen LogP contribution is -2.54. The summed E-state index contributed by atoms with van der Waals surface area (Å²) in [5.41, 5.74) is 1.22. The maximum absolute atomic E-state index is 12.5. The zero-order valence-electron chi connectivity index (χ0n) is 14.9. The van der Waals surface area contributed by atoms with Gasteiger partial charge in [0.25, 0.3) is 0 Å². The standard InChI is InChI=1S/C20H25N3O3/c24-17(21-13-14-6-2-1-3-7-14)12-15-8-4-10-20-11-5-9-16(20)18(19(25)26)22-23(15)20/h1-3,6-7,15-16H,4-5,8-13H2,(H,21,24)(H,25,26)/t15-,16-,20-/m1/s1. The van der Waals surface area contributed by atoms with Crippen LogP contribution in [-0.2, 0) is 16.1 Å². The van der Waals surface area contributed by atoms with Crippen LogP contribution in [0.1, 0.15) is 50.5 Å². The summed E-state index contributed by atoms with van der Waals surface area (Å²) in [4.78, 5) is 24.1. The first kappa shape index (κ1) is 17.1. The van der Waals surface area contributed by atoms with Crippen LogP contribution < -0.4 is 5.32 Å². The van der Waals surface area contributed by atoms with E-state index in [0.717, 1.165) is 44.1 Å². The summed E-state index contributed by atoms with van der Waals surface area (Å²) in [6, 6.07) is 9.84. The van der Waals surface area contributed by atoms with Gasteiger partial charge in [0.05, 0.1) is 11.6 Å². The topological polar surface area (TPSA) is 82.0 Å². The number of hydrogen-bond acceptors (Lipinski definition) is 4. The Balaban J connectivity index is 1.45. The smallest absolute Gasteiger partial charge is 0.352 e. The van der Waals surface area contributed by atoms with E-state index in [1.54, 1.807) is 0 Å². The molecule has 2 N–H and O–H groups in total. The third-order valence-corrected chi connectivity index (χ3v) is 6.22. The zero-order chi connectivity index (χ0) is 18.1. The van der Waals surface area contributed by atoms with Crippen molar-refractivity contribution >= 4 is 17.6 Å². The minimum Gasteiger partial charge on any atom is -0.477 e. The highest BCUT2D eigenvalue weighted by Crippen LogP contribution is 2.52. The van der Waals surface area contributed by atoms with E-state index >= 15 is 0 Å². The first-order chi connectivity index (χ1) is 12.6. The molecule has 1 spiro atoms. The fourth-order valence-electron chi connectivity index (χ4n) is 5.09. The number of rotatable bonds is 5. The fourth-order valence-corrected chi connectivity index (χ4v) is 5.09. The number of carboxylic acids is 1. The number of amides is 1. The number of piperidine rings is 1. The Morgan fingerprint density at radius 1 is 1.19 bits per heavy atom. The molecule has 3 aliphatic rings. The van der Waals surface area contributed by atoms with Gasteiger partial charge in [-0.25, -0.2) is 4.79 Å². The molecule has 1 saturated heterocycles. The van der Waals surface area contributed by atoms with Crippen LogP contribution in [0, 0.1) is 5.92 Å². The highest BCUT2D eigenvalue weighted by atomic mass is 16.4. The Morgan fingerprint density at radius 2 is 1.92 bits per heavy atom. The molecule has 1 aromatic carbocycles. The molecule has 1 saturated carbocycles. The molecular formula is C20H25N3O3. The number of hydrazone groups is 1. The Labute approximate surface area is 153 Å². The van der Waals surface area contributed by atoms with Gasteiger partial charge in [-0.2, -0.15) is 5.10 Å². The van der Waals surface area contributed by atoms with E-state index in [-0.39, 0.29) is 23.4 Å². The number of hydrogen-bond donors (Lipinski definition) is 2. The Hall–Kier alpha value is -2.37. The number of carbonyl (C=O) groups excluding carboxylic acids is 1. The highest BCUT2D eigenvalue weighted by molar-refractivity contribution is 6.37. The number of benzene rings is 1. The van der Waals surface area contributed by atoms with Crippen LogP contribution in [0.3, 0.4) is 0 Å². The monoisotopic (exact) mass is 355 g/mol. The zero-order valence-corrected chi connectivity index (χ0v) is 14.9. The van der Waals surface area contributed by atoms with Gasteiger partial charge >= 0.3 is 5.97 Å². The molecule has 0 radical (unpaired) electrons. The highest BCUT2D eigenvalue weighted by Gasteiger charge is 2.58. The van der Waals surface area contributed by atoms with Crippen molar-refractivity contribution in [1.29, 1.82) is 0 Å². The predicted molar refractivity (Wildman–Crippen MR) is 97.5 cm³/mol. The molecule has 6 heteroatoms. The Kier molecular flexibility index (Phi) is 4.42. The minimum absolute atomic E-state index is 0.00280. The average molecular weight is 355 g/mol. The maximum atomic E-state index is 12.5. The van der Waals surface area contributed by atoms with Gasteiger partial charge in [0.2, 0.25) is 5.91 Å². The van der Waals surface area contributed by atoms with Crippen molar-refractivity contribution in [2.24, 2.45) is 11.0 Å². The number of carboxylic acid groups (broad SMARTS) is 1. The van der Waals surface area contributed by atoms with Crippen LogP contribution in [0.25, 0.3) is 0 Å². The van der Waals surface area contributed by atoms with E-state index < -0.39 is 5.97 Å². The van der Waals surface area contributed by atoms with E-state index in [1.807, 2.05) is 35.3 Å². The van der Waals surface area contributed by atoms with Gasteiger partial charge in [0.15, 0.2) is 5.71 Å². The summed E-state index contributed by atoms with van der Waals surface area (Å²) in [5, 5.41) is 19.1. The molecule has 0 aromatic heterocycles. The Morgan fingerprint density at radius 3 is 2.65 bits per heavy atom. The molecule has 3 atom stereocenters. The molecule has 1 aromatic rings. The second-order valence-corrected chi connectivity index (χ2v) is 7.70. The van der Waals surface area contributed by atoms with Crippen LogP contribution >= 0.6 is 0 Å². The third kappa shape index (κ3) is 2.87. The van der Waals surface area contributed by atoms with Crippen molar-refractivity contribution < 1.29 is 14.7 Å². The third-order valence-electron chi connectivity index (χ3n) is 6.22. The summed E-state index contributed by atoms with van der Waals surface area (Å²) >= 11 is 0. The number of aliphatic carboxylic acids is 1. The van der Waals surface area contributed by atoms with Gasteiger partial charge < -0.3 is 10.4 Å². The van der Waals surface area contributed by atoms with E-state index in [1.165, 1.54) is 0 Å². The predicted octanol–water partition coefficient (Wildman–Crippen LogP) is 2.54. The molecule has 4 rings (SSSR count). The number of nitrogens with one attached hydrogen (secondary N) is 1. The molecule has 1 aliphatic carbocycles. The quantitative estimate of drug-likeness (QED) is 0.850. The van der Waals surface area contributed by atoms with Crippen LogP contribution in [0.15, 0.2) is 35.4 Å². The first-order valence-corrected chi connectivity index (χ1v) is 9.52. The molecule has 2 heterocycles. The van der Waals surface area contributed by atoms with E-state index in [4.69, 9.17) is 0 Å². The summed E-state index contributed by atoms with van der Waals surface area (Å²) in [5.74, 6) is -0.877. The molecule has 2 aliphatic heterocycles. The fraction of sp³-hybridized carbons (Fsp3) is 0.550. The van der Waals surface area contributed by atoms with Gasteiger partial charge in [-0.3, -0.25) is 9.80 Å². The van der Waals surface area contributed by atoms with Crippen LogP contribution in [0.4, 0.5) is 0 Å². The van der Waals surface area contributed by atoms with E-state index in [9.17, 15) is 14.7 Å². The Bertz CT molecular complexity index is 733. The molecule has 0 bridgehead atoms. The van der Waals surface area contributed by atoms with Crippen molar-refractivity contribution in [3.05, 3.63) is 35.9 Å². The summed E-state index contributed by atoms with van der Waals surface area (Å²) < 4.78 is 0. The largest absolute Gasteiger partial charge is 0.477 e. The van der Waals surface area contributed by atoms with Gasteiger partial charge in [0.1, 0.15) is 0 Å². The van der Waals surface area contributed by atoms with Gasteiger partial charge in [-0.1, -0.05) is 36.8 Å². The molecule has 1 amide bonds. The van der Waals surface area contributed by atoms with Crippen LogP contribution in [-0.4, -0.2) is 39.3 Å². The van der Waals surface area contributed by atoms with Crippen LogP contribution in [0.5, 0.6) is 0 Å². The van der Waals surface area contributed by atoms with E-state index in [0.29, 0.717) is 18.7 Å². The lowest BCUT2D eigenvalue weighted by Gasteiger charge is -2.46. The lowest BCUT2D eigenvalue weighted by molar-refractivity contribution is -0.129. The van der Waals surface area contributed by atoms with Gasteiger partial charge in [0, 0.05) is 18.9 Å². The number of nitrogens with zero attached hydrogens (tertiary/aromatic N) is 2. The molecule has 2 fully saturated rings. The summed E-state index contributed by atoms with van der Waals surface area (Å²) in [7, 11) is 0. The molecular weight excluding hydrogens is 330 g/mol. The second kappa shape index (κ2) is 6.74. The van der Waals surface area contributed by atoms with Crippen LogP contribution in [0.2, 0.25) is 0 Å². The molecule has 138 valence electrons. The van der Waals surface area contributed by atoms with Gasteiger partial charge in [-0.05, 0) is 37.7 Å². The minimum atomic E-state index is -0.905. The van der Waals surface area contributed by atoms with Crippen molar-refractivity contribution in [2.75, 3.05) is 0 Å². The van der Waals surface area contributed by atoms with Gasteiger partial charge in [-0.15, -0.1) is 0 Å².